The normalized spacial score (nSPS) is 19.2. The van der Waals surface area contributed by atoms with Crippen molar-refractivity contribution in [2.45, 2.75) is 17.9 Å². The van der Waals surface area contributed by atoms with Crippen LogP contribution < -0.4 is 15.4 Å². The summed E-state index contributed by atoms with van der Waals surface area (Å²) in [6.07, 6.45) is 0. The van der Waals surface area contributed by atoms with Gasteiger partial charge in [-0.3, -0.25) is 4.79 Å². The maximum Gasteiger partial charge on any atom is 0.337 e. The highest BCUT2D eigenvalue weighted by Crippen LogP contribution is 2.26. The van der Waals surface area contributed by atoms with Crippen LogP contribution in [0.1, 0.15) is 17.3 Å². The molecule has 0 aromatic heterocycles. The Morgan fingerprint density at radius 2 is 2.14 bits per heavy atom. The monoisotopic (exact) mass is 313 g/mol. The molecule has 9 heteroatoms. The average Bonchev–Trinajstić information content (AvgIpc) is 2.40. The first kappa shape index (κ1) is 15.3. The average molecular weight is 313 g/mol. The third-order valence-corrected chi connectivity index (χ3v) is 4.25. The molecule has 1 aromatic rings. The summed E-state index contributed by atoms with van der Waals surface area (Å²) in [7, 11) is -3.99. The molecule has 1 atom stereocenters. The van der Waals surface area contributed by atoms with Gasteiger partial charge in [0, 0.05) is 13.1 Å². The molecule has 114 valence electrons. The van der Waals surface area contributed by atoms with Crippen molar-refractivity contribution in [3.63, 3.8) is 0 Å². The number of carboxylic acids is 1. The van der Waals surface area contributed by atoms with Crippen LogP contribution in [-0.4, -0.2) is 44.5 Å². The number of anilines is 1. The third-order valence-electron chi connectivity index (χ3n) is 3.34. The molecule has 0 aliphatic carbocycles. The fourth-order valence-electron chi connectivity index (χ4n) is 2.23. The van der Waals surface area contributed by atoms with Crippen LogP contribution in [0.25, 0.3) is 0 Å². The second-order valence-corrected chi connectivity index (χ2v) is 6.25. The zero-order chi connectivity index (χ0) is 15.8. The molecule has 0 bridgehead atoms. The van der Waals surface area contributed by atoms with E-state index >= 15 is 0 Å². The molecule has 1 unspecified atom stereocenters. The Hall–Kier alpha value is -2.13. The molecule has 21 heavy (non-hydrogen) atoms. The zero-order valence-corrected chi connectivity index (χ0v) is 12.1. The smallest absolute Gasteiger partial charge is 0.337 e. The van der Waals surface area contributed by atoms with E-state index in [0.717, 1.165) is 6.07 Å². The molecule has 1 aliphatic heterocycles. The van der Waals surface area contributed by atoms with Gasteiger partial charge in [0.15, 0.2) is 0 Å². The quantitative estimate of drug-likeness (QED) is 0.680. The van der Waals surface area contributed by atoms with E-state index < -0.39 is 22.0 Å². The number of rotatable bonds is 3. The number of amides is 1. The number of aromatic carboxylic acids is 1. The summed E-state index contributed by atoms with van der Waals surface area (Å²) in [4.78, 5) is 24.4. The number of primary sulfonamides is 1. The maximum absolute atomic E-state index is 11.7. The van der Waals surface area contributed by atoms with Crippen LogP contribution in [0, 0.1) is 0 Å². The van der Waals surface area contributed by atoms with Crippen LogP contribution in [0.2, 0.25) is 0 Å². The first-order valence-electron chi connectivity index (χ1n) is 6.16. The van der Waals surface area contributed by atoms with Crippen molar-refractivity contribution in [2.75, 3.05) is 18.0 Å². The molecular formula is C12H15N3O5S. The lowest BCUT2D eigenvalue weighted by Crippen LogP contribution is -2.54. The van der Waals surface area contributed by atoms with Crippen molar-refractivity contribution >= 4 is 27.6 Å². The highest BCUT2D eigenvalue weighted by Gasteiger charge is 2.29. The van der Waals surface area contributed by atoms with E-state index in [1.807, 2.05) is 0 Å². The number of hydrogen-bond acceptors (Lipinski definition) is 5. The molecule has 2 rings (SSSR count). The van der Waals surface area contributed by atoms with Gasteiger partial charge in [-0.05, 0) is 25.1 Å². The van der Waals surface area contributed by atoms with E-state index in [2.05, 4.69) is 5.32 Å². The summed E-state index contributed by atoms with van der Waals surface area (Å²) in [6.45, 7) is 2.47. The largest absolute Gasteiger partial charge is 0.478 e. The van der Waals surface area contributed by atoms with Crippen LogP contribution in [0.3, 0.4) is 0 Å². The number of nitrogens with zero attached hydrogens (tertiary/aromatic N) is 1. The van der Waals surface area contributed by atoms with Crippen molar-refractivity contribution in [3.8, 4) is 0 Å². The minimum absolute atomic E-state index is 0.205. The number of nitrogens with one attached hydrogen (secondary N) is 1. The van der Waals surface area contributed by atoms with Crippen molar-refractivity contribution in [1.82, 2.24) is 5.32 Å². The molecule has 0 saturated carbocycles. The molecule has 0 radical (unpaired) electrons. The first-order valence-corrected chi connectivity index (χ1v) is 7.71. The Morgan fingerprint density at radius 3 is 2.71 bits per heavy atom. The zero-order valence-electron chi connectivity index (χ0n) is 11.2. The minimum Gasteiger partial charge on any atom is -0.478 e. The van der Waals surface area contributed by atoms with Gasteiger partial charge in [-0.2, -0.15) is 0 Å². The summed E-state index contributed by atoms with van der Waals surface area (Å²) >= 11 is 0. The highest BCUT2D eigenvalue weighted by molar-refractivity contribution is 7.89. The van der Waals surface area contributed by atoms with E-state index in [4.69, 9.17) is 5.14 Å². The van der Waals surface area contributed by atoms with Crippen molar-refractivity contribution < 1.29 is 23.1 Å². The van der Waals surface area contributed by atoms with Crippen LogP contribution in [0.4, 0.5) is 5.69 Å². The van der Waals surface area contributed by atoms with Gasteiger partial charge in [-0.15, -0.1) is 0 Å². The lowest BCUT2D eigenvalue weighted by atomic mass is 10.1. The van der Waals surface area contributed by atoms with Gasteiger partial charge >= 0.3 is 5.97 Å². The van der Waals surface area contributed by atoms with Gasteiger partial charge in [-0.1, -0.05) is 0 Å². The van der Waals surface area contributed by atoms with E-state index in [1.54, 1.807) is 11.8 Å². The van der Waals surface area contributed by atoms with Crippen LogP contribution in [0.15, 0.2) is 23.1 Å². The molecule has 8 nitrogen and oxygen atoms in total. The van der Waals surface area contributed by atoms with E-state index in [0.29, 0.717) is 13.1 Å². The fourth-order valence-corrected chi connectivity index (χ4v) is 2.77. The molecule has 1 aromatic carbocycles. The second kappa shape index (κ2) is 5.34. The molecule has 1 saturated heterocycles. The van der Waals surface area contributed by atoms with Crippen LogP contribution in [-0.2, 0) is 14.8 Å². The molecule has 1 amide bonds. The lowest BCUT2D eigenvalue weighted by Gasteiger charge is -2.35. The van der Waals surface area contributed by atoms with E-state index in [1.165, 1.54) is 12.1 Å². The van der Waals surface area contributed by atoms with E-state index in [9.17, 15) is 23.1 Å². The molecule has 1 heterocycles. The van der Waals surface area contributed by atoms with Gasteiger partial charge in [0.05, 0.1) is 16.1 Å². The summed E-state index contributed by atoms with van der Waals surface area (Å²) < 4.78 is 22.6. The molecule has 1 aliphatic rings. The fraction of sp³-hybridized carbons (Fsp3) is 0.333. The van der Waals surface area contributed by atoms with Gasteiger partial charge < -0.3 is 15.3 Å². The molecule has 4 N–H and O–H groups in total. The van der Waals surface area contributed by atoms with E-state index in [-0.39, 0.29) is 22.1 Å². The number of hydrogen-bond donors (Lipinski definition) is 3. The summed E-state index contributed by atoms with van der Waals surface area (Å²) in [6, 6.07) is 3.05. The number of nitrogens with two attached hydrogens (primary N) is 1. The topological polar surface area (TPSA) is 130 Å². The number of carbonyl (C=O) groups is 2. The second-order valence-electron chi connectivity index (χ2n) is 4.69. The van der Waals surface area contributed by atoms with Crippen molar-refractivity contribution in [2.24, 2.45) is 5.14 Å². The number of benzene rings is 1. The molecule has 1 fully saturated rings. The Labute approximate surface area is 121 Å². The third kappa shape index (κ3) is 2.98. The molecule has 0 spiro atoms. The molecular weight excluding hydrogens is 298 g/mol. The van der Waals surface area contributed by atoms with Gasteiger partial charge in [0.2, 0.25) is 15.9 Å². The van der Waals surface area contributed by atoms with Crippen molar-refractivity contribution in [1.29, 1.82) is 0 Å². The summed E-state index contributed by atoms with van der Waals surface area (Å²) in [5.41, 5.74) is 0.0836. The maximum atomic E-state index is 11.7. The first-order chi connectivity index (χ1) is 9.71. The van der Waals surface area contributed by atoms with Crippen molar-refractivity contribution in [3.05, 3.63) is 23.8 Å². The van der Waals surface area contributed by atoms with Gasteiger partial charge in [0.25, 0.3) is 0 Å². The number of carbonyl (C=O) groups excluding carboxylic acids is 1. The summed E-state index contributed by atoms with van der Waals surface area (Å²) in [5, 5.41) is 17.0. The highest BCUT2D eigenvalue weighted by atomic mass is 32.2. The lowest BCUT2D eigenvalue weighted by molar-refractivity contribution is -0.122. The van der Waals surface area contributed by atoms with Gasteiger partial charge in [-0.25, -0.2) is 18.4 Å². The predicted octanol–water partition coefficient (Wildman–Crippen LogP) is -0.643. The van der Waals surface area contributed by atoms with Crippen LogP contribution >= 0.6 is 0 Å². The Morgan fingerprint density at radius 1 is 1.48 bits per heavy atom. The Kier molecular flexibility index (Phi) is 3.88. The summed E-state index contributed by atoms with van der Waals surface area (Å²) in [5.74, 6) is -1.50. The van der Waals surface area contributed by atoms with Crippen LogP contribution in [0.5, 0.6) is 0 Å². The standard InChI is InChI=1S/C12H15N3O5S/c1-7-11(16)14-4-5-15(7)10-3-2-8(21(13,19)20)6-9(10)12(17)18/h2-3,6-7H,4-5H2,1H3,(H,14,16)(H,17,18)(H2,13,19,20). The number of carboxylic acid groups (broad SMARTS) is 1. The Balaban J connectivity index is 2.53. The predicted molar refractivity (Wildman–Crippen MR) is 74.6 cm³/mol. The number of sulfonamides is 1. The van der Waals surface area contributed by atoms with Gasteiger partial charge in [0.1, 0.15) is 6.04 Å². The SMILES string of the molecule is CC1C(=O)NCCN1c1ccc(S(N)(=O)=O)cc1C(=O)O. The Bertz CT molecular complexity index is 701. The number of piperazine rings is 1. The minimum atomic E-state index is -3.99.